The summed E-state index contributed by atoms with van der Waals surface area (Å²) in [6, 6.07) is 7.39. The zero-order valence-corrected chi connectivity index (χ0v) is 14.7. The van der Waals surface area contributed by atoms with E-state index in [1.165, 1.54) is 17.7 Å². The van der Waals surface area contributed by atoms with Gasteiger partial charge in [-0.1, -0.05) is 39.3 Å². The minimum absolute atomic E-state index is 0.480. The molecule has 21 heavy (non-hydrogen) atoms. The molecule has 1 aromatic carbocycles. The van der Waals surface area contributed by atoms with Crippen LogP contribution < -0.4 is 10.2 Å². The molecule has 3 heteroatoms. The van der Waals surface area contributed by atoms with Gasteiger partial charge in [0.25, 0.3) is 0 Å². The van der Waals surface area contributed by atoms with Gasteiger partial charge in [-0.15, -0.1) is 0 Å². The lowest BCUT2D eigenvalue weighted by Gasteiger charge is -2.43. The number of hydrogen-bond acceptors (Lipinski definition) is 2. The van der Waals surface area contributed by atoms with Gasteiger partial charge in [-0.3, -0.25) is 0 Å². The third-order valence-electron chi connectivity index (χ3n) is 4.65. The van der Waals surface area contributed by atoms with E-state index < -0.39 is 0 Å². The lowest BCUT2D eigenvalue weighted by Crippen LogP contribution is -2.46. The van der Waals surface area contributed by atoms with Crippen LogP contribution in [0.5, 0.6) is 0 Å². The highest BCUT2D eigenvalue weighted by Crippen LogP contribution is 2.34. The molecule has 1 fully saturated rings. The van der Waals surface area contributed by atoms with Gasteiger partial charge in [0.15, 0.2) is 0 Å². The highest BCUT2D eigenvalue weighted by molar-refractivity contribution is 6.30. The summed E-state index contributed by atoms with van der Waals surface area (Å²) in [6.07, 6.45) is 1.32. The van der Waals surface area contributed by atoms with Gasteiger partial charge in [-0.2, -0.15) is 0 Å². The van der Waals surface area contributed by atoms with E-state index in [4.69, 9.17) is 11.6 Å². The van der Waals surface area contributed by atoms with Crippen molar-refractivity contribution in [1.82, 2.24) is 5.32 Å². The molecule has 0 saturated carbocycles. The molecule has 0 amide bonds. The van der Waals surface area contributed by atoms with Crippen molar-refractivity contribution < 1.29 is 0 Å². The fourth-order valence-corrected chi connectivity index (χ4v) is 3.52. The van der Waals surface area contributed by atoms with Gasteiger partial charge in [-0.25, -0.2) is 0 Å². The van der Waals surface area contributed by atoms with E-state index in [1.54, 1.807) is 0 Å². The summed E-state index contributed by atoms with van der Waals surface area (Å²) < 4.78 is 0. The van der Waals surface area contributed by atoms with Crippen LogP contribution in [0.2, 0.25) is 5.02 Å². The van der Waals surface area contributed by atoms with Crippen molar-refractivity contribution in [3.63, 3.8) is 0 Å². The Bertz CT molecular complexity index is 472. The molecule has 0 bridgehead atoms. The Hall–Kier alpha value is -0.730. The Morgan fingerprint density at radius 3 is 2.67 bits per heavy atom. The molecule has 0 radical (unpaired) electrons. The Kier molecular flexibility index (Phi) is 5.56. The molecule has 0 spiro atoms. The SMILES string of the molecule is CC1CC(C)C(C)N(c2ccc(Cl)cc2CNC(C)C)C1. The van der Waals surface area contributed by atoms with Crippen LogP contribution in [0, 0.1) is 11.8 Å². The second kappa shape index (κ2) is 7.02. The first kappa shape index (κ1) is 16.6. The molecule has 3 unspecified atom stereocenters. The van der Waals surface area contributed by atoms with E-state index in [2.05, 4.69) is 57.0 Å². The van der Waals surface area contributed by atoms with Gasteiger partial charge in [0.2, 0.25) is 0 Å². The van der Waals surface area contributed by atoms with E-state index in [9.17, 15) is 0 Å². The summed E-state index contributed by atoms with van der Waals surface area (Å²) >= 11 is 6.22. The second-order valence-electron chi connectivity index (χ2n) is 7.02. The lowest BCUT2D eigenvalue weighted by atomic mass is 9.85. The molecule has 2 rings (SSSR count). The van der Waals surface area contributed by atoms with Crippen LogP contribution in [-0.4, -0.2) is 18.6 Å². The summed E-state index contributed by atoms with van der Waals surface area (Å²) in [7, 11) is 0. The molecule has 1 N–H and O–H groups in total. The maximum atomic E-state index is 6.22. The third kappa shape index (κ3) is 4.14. The Morgan fingerprint density at radius 1 is 1.29 bits per heavy atom. The number of anilines is 1. The summed E-state index contributed by atoms with van der Waals surface area (Å²) in [4.78, 5) is 2.58. The Balaban J connectivity index is 2.28. The fraction of sp³-hybridized carbons (Fsp3) is 0.667. The molecule has 0 aliphatic carbocycles. The van der Waals surface area contributed by atoms with Gasteiger partial charge in [0.05, 0.1) is 0 Å². The fourth-order valence-electron chi connectivity index (χ4n) is 3.32. The first-order valence-corrected chi connectivity index (χ1v) is 8.54. The van der Waals surface area contributed by atoms with Crippen LogP contribution in [0.1, 0.15) is 46.6 Å². The number of halogens is 1. The van der Waals surface area contributed by atoms with Crippen molar-refractivity contribution in [3.05, 3.63) is 28.8 Å². The smallest absolute Gasteiger partial charge is 0.0415 e. The minimum Gasteiger partial charge on any atom is -0.368 e. The molecule has 118 valence electrons. The molecule has 2 nitrogen and oxygen atoms in total. The van der Waals surface area contributed by atoms with Crippen LogP contribution in [0.4, 0.5) is 5.69 Å². The Morgan fingerprint density at radius 2 is 2.00 bits per heavy atom. The van der Waals surface area contributed by atoms with E-state index in [0.717, 1.165) is 29.9 Å². The maximum absolute atomic E-state index is 6.22. The Labute approximate surface area is 134 Å². The van der Waals surface area contributed by atoms with Crippen LogP contribution in [0.3, 0.4) is 0 Å². The van der Waals surface area contributed by atoms with Gasteiger partial charge >= 0.3 is 0 Å². The standard InChI is InChI=1S/C18H29ClN2/c1-12(2)20-10-16-9-17(19)6-7-18(16)21-11-13(3)8-14(4)15(21)5/h6-7,9,12-15,20H,8,10-11H2,1-5H3. The van der Waals surface area contributed by atoms with E-state index in [0.29, 0.717) is 12.1 Å². The van der Waals surface area contributed by atoms with E-state index in [-0.39, 0.29) is 0 Å². The molecule has 1 saturated heterocycles. The van der Waals surface area contributed by atoms with Crippen molar-refractivity contribution in [2.75, 3.05) is 11.4 Å². The molecular formula is C18H29ClN2. The minimum atomic E-state index is 0.480. The highest BCUT2D eigenvalue weighted by atomic mass is 35.5. The first-order chi connectivity index (χ1) is 9.88. The predicted octanol–water partition coefficient (Wildman–Crippen LogP) is 4.71. The maximum Gasteiger partial charge on any atom is 0.0415 e. The third-order valence-corrected chi connectivity index (χ3v) is 4.88. The lowest BCUT2D eigenvalue weighted by molar-refractivity contribution is 0.296. The van der Waals surface area contributed by atoms with Gasteiger partial charge in [0.1, 0.15) is 0 Å². The number of nitrogens with zero attached hydrogens (tertiary/aromatic N) is 1. The van der Waals surface area contributed by atoms with Crippen molar-refractivity contribution in [2.24, 2.45) is 11.8 Å². The monoisotopic (exact) mass is 308 g/mol. The first-order valence-electron chi connectivity index (χ1n) is 8.17. The van der Waals surface area contributed by atoms with Gasteiger partial charge in [-0.05, 0) is 48.9 Å². The number of rotatable bonds is 4. The van der Waals surface area contributed by atoms with Crippen LogP contribution in [0.15, 0.2) is 18.2 Å². The van der Waals surface area contributed by atoms with Crippen molar-refractivity contribution >= 4 is 17.3 Å². The summed E-state index contributed by atoms with van der Waals surface area (Å²) in [5.41, 5.74) is 2.66. The quantitative estimate of drug-likeness (QED) is 0.866. The molecule has 1 aliphatic rings. The molecule has 1 aromatic rings. The summed E-state index contributed by atoms with van der Waals surface area (Å²) in [6.45, 7) is 13.5. The van der Waals surface area contributed by atoms with Crippen LogP contribution in [0.25, 0.3) is 0 Å². The highest BCUT2D eigenvalue weighted by Gasteiger charge is 2.29. The van der Waals surface area contributed by atoms with E-state index in [1.807, 2.05) is 6.07 Å². The number of nitrogens with one attached hydrogen (secondary N) is 1. The normalized spacial score (nSPS) is 26.4. The van der Waals surface area contributed by atoms with Gasteiger partial charge < -0.3 is 10.2 Å². The van der Waals surface area contributed by atoms with Gasteiger partial charge in [0, 0.05) is 35.9 Å². The molecule has 0 aromatic heterocycles. The topological polar surface area (TPSA) is 15.3 Å². The number of benzene rings is 1. The zero-order valence-electron chi connectivity index (χ0n) is 14.0. The van der Waals surface area contributed by atoms with Crippen molar-refractivity contribution in [3.8, 4) is 0 Å². The molecule has 1 aliphatic heterocycles. The predicted molar refractivity (Wildman–Crippen MR) is 93.2 cm³/mol. The molecular weight excluding hydrogens is 280 g/mol. The van der Waals surface area contributed by atoms with E-state index >= 15 is 0 Å². The average molecular weight is 309 g/mol. The van der Waals surface area contributed by atoms with Crippen LogP contribution >= 0.6 is 11.6 Å². The van der Waals surface area contributed by atoms with Crippen molar-refractivity contribution in [2.45, 2.75) is 59.7 Å². The largest absolute Gasteiger partial charge is 0.368 e. The number of hydrogen-bond donors (Lipinski definition) is 1. The average Bonchev–Trinajstić information content (AvgIpc) is 2.41. The zero-order chi connectivity index (χ0) is 15.6. The summed E-state index contributed by atoms with van der Waals surface area (Å²) in [5.74, 6) is 1.48. The number of piperidine rings is 1. The molecule has 3 atom stereocenters. The summed E-state index contributed by atoms with van der Waals surface area (Å²) in [5, 5.41) is 4.34. The molecule has 1 heterocycles. The van der Waals surface area contributed by atoms with Crippen LogP contribution in [-0.2, 0) is 6.54 Å². The van der Waals surface area contributed by atoms with Crippen molar-refractivity contribution in [1.29, 1.82) is 0 Å². The second-order valence-corrected chi connectivity index (χ2v) is 7.46.